The van der Waals surface area contributed by atoms with Crippen LogP contribution >= 0.6 is 0 Å². The maximum atomic E-state index is 12.5. The van der Waals surface area contributed by atoms with Crippen LogP contribution in [-0.4, -0.2) is 35.3 Å². The van der Waals surface area contributed by atoms with Crippen LogP contribution in [0.25, 0.3) is 0 Å². The fourth-order valence-electron chi connectivity index (χ4n) is 2.78. The molecule has 0 saturated carbocycles. The number of esters is 1. The second-order valence-corrected chi connectivity index (χ2v) is 5.63. The predicted molar refractivity (Wildman–Crippen MR) is 87.1 cm³/mol. The molecular weight excluding hydrogens is 330 g/mol. The van der Waals surface area contributed by atoms with Crippen LogP contribution in [0.5, 0.6) is 0 Å². The second-order valence-electron chi connectivity index (χ2n) is 5.63. The summed E-state index contributed by atoms with van der Waals surface area (Å²) in [4.78, 5) is 58.8. The zero-order valence-corrected chi connectivity index (χ0v) is 13.8. The smallest absolute Gasteiger partial charge is 0.329 e. The average Bonchev–Trinajstić information content (AvgIpc) is 2.88. The lowest BCUT2D eigenvalue weighted by molar-refractivity contribution is -0.157. The molecule has 132 valence electrons. The van der Waals surface area contributed by atoms with E-state index in [1.165, 1.54) is 25.1 Å². The third-order valence-electron chi connectivity index (χ3n) is 4.03. The van der Waals surface area contributed by atoms with Crippen LogP contribution in [0, 0.1) is 15.7 Å². The number of likely N-dealkylation sites (tertiary alicyclic amines) is 1. The summed E-state index contributed by atoms with van der Waals surface area (Å²) in [6.45, 7) is 3.21. The Bertz CT molecular complexity index is 733. The number of amides is 2. The van der Waals surface area contributed by atoms with Crippen LogP contribution in [0.4, 0.5) is 11.4 Å². The number of hydrogen-bond acceptors (Lipinski definition) is 8. The van der Waals surface area contributed by atoms with Gasteiger partial charge in [0.2, 0.25) is 11.8 Å². The van der Waals surface area contributed by atoms with Gasteiger partial charge < -0.3 is 4.74 Å². The minimum Gasteiger partial charge on any atom is -0.464 e. The van der Waals surface area contributed by atoms with E-state index in [9.17, 15) is 24.2 Å². The van der Waals surface area contributed by atoms with Gasteiger partial charge in [0.1, 0.15) is 17.4 Å². The first-order chi connectivity index (χ1) is 11.9. The average molecular weight is 347 g/mol. The summed E-state index contributed by atoms with van der Waals surface area (Å²) in [7, 11) is 0. The molecule has 0 radical (unpaired) electrons. The number of rotatable bonds is 7. The van der Waals surface area contributed by atoms with Crippen molar-refractivity contribution < 1.29 is 19.1 Å². The number of ether oxygens (including phenoxy) is 1. The van der Waals surface area contributed by atoms with Crippen LogP contribution in [0.2, 0.25) is 0 Å². The molecule has 1 aromatic rings. The molecule has 1 saturated heterocycles. The molecule has 9 nitrogen and oxygen atoms in total. The van der Waals surface area contributed by atoms with E-state index in [1.54, 1.807) is 6.92 Å². The molecule has 1 aliphatic rings. The van der Waals surface area contributed by atoms with Gasteiger partial charge in [-0.05, 0) is 48.3 Å². The summed E-state index contributed by atoms with van der Waals surface area (Å²) in [6, 6.07) is 3.09. The number of nitrogens with zero attached hydrogens (tertiary/aromatic N) is 3. The van der Waals surface area contributed by atoms with Crippen LogP contribution in [0.3, 0.4) is 0 Å². The highest BCUT2D eigenvalue weighted by molar-refractivity contribution is 6.06. The molecule has 25 heavy (non-hydrogen) atoms. The first-order valence-electron chi connectivity index (χ1n) is 7.75. The van der Waals surface area contributed by atoms with Crippen molar-refractivity contribution in [1.82, 2.24) is 4.90 Å². The maximum absolute atomic E-state index is 12.5. The fourth-order valence-corrected chi connectivity index (χ4v) is 2.78. The quantitative estimate of drug-likeness (QED) is 0.424. The molecule has 2 rings (SSSR count). The van der Waals surface area contributed by atoms with Crippen molar-refractivity contribution in [2.24, 2.45) is 16.3 Å². The van der Waals surface area contributed by atoms with Gasteiger partial charge in [-0.25, -0.2) is 4.79 Å². The zero-order chi connectivity index (χ0) is 18.6. The molecule has 2 amide bonds. The molecule has 0 N–H and O–H groups in total. The Morgan fingerprint density at radius 3 is 2.64 bits per heavy atom. The van der Waals surface area contributed by atoms with Gasteiger partial charge in [0.05, 0.1) is 12.5 Å². The van der Waals surface area contributed by atoms with Gasteiger partial charge in [0.15, 0.2) is 0 Å². The van der Waals surface area contributed by atoms with Crippen molar-refractivity contribution in [3.63, 3.8) is 0 Å². The molecule has 0 aliphatic carbocycles. The molecule has 1 heterocycles. The fraction of sp³-hybridized carbons (Fsp3) is 0.438. The third-order valence-corrected chi connectivity index (χ3v) is 4.03. The molecule has 1 aromatic carbocycles. The predicted octanol–water partition coefficient (Wildman–Crippen LogP) is 2.35. The van der Waals surface area contributed by atoms with Crippen molar-refractivity contribution in [2.45, 2.75) is 32.7 Å². The topological polar surface area (TPSA) is 123 Å². The minimum atomic E-state index is -1.00. The van der Waals surface area contributed by atoms with Gasteiger partial charge in [0, 0.05) is 6.42 Å². The lowest BCUT2D eigenvalue weighted by Crippen LogP contribution is -2.44. The number of benzene rings is 1. The van der Waals surface area contributed by atoms with E-state index in [-0.39, 0.29) is 30.8 Å². The number of imide groups is 1. The first-order valence-corrected chi connectivity index (χ1v) is 7.75. The lowest BCUT2D eigenvalue weighted by atomic mass is 9.96. The summed E-state index contributed by atoms with van der Waals surface area (Å²) in [5, 5.41) is 5.56. The largest absolute Gasteiger partial charge is 0.464 e. The Kier molecular flexibility index (Phi) is 5.68. The number of carbonyl (C=O) groups excluding carboxylic acids is 3. The van der Waals surface area contributed by atoms with Gasteiger partial charge in [-0.2, -0.15) is 0 Å². The summed E-state index contributed by atoms with van der Waals surface area (Å²) in [6.07, 6.45) is 0.0192. The molecule has 0 aromatic heterocycles. The van der Waals surface area contributed by atoms with Crippen LogP contribution in [-0.2, 0) is 25.5 Å². The van der Waals surface area contributed by atoms with E-state index in [2.05, 4.69) is 10.4 Å². The highest BCUT2D eigenvalue weighted by atomic mass is 16.5. The highest BCUT2D eigenvalue weighted by Crippen LogP contribution is 2.31. The van der Waals surface area contributed by atoms with E-state index in [4.69, 9.17) is 4.74 Å². The Morgan fingerprint density at radius 1 is 1.32 bits per heavy atom. The molecule has 9 heteroatoms. The van der Waals surface area contributed by atoms with Gasteiger partial charge in [-0.3, -0.25) is 14.5 Å². The minimum absolute atomic E-state index is 0.00533. The van der Waals surface area contributed by atoms with Gasteiger partial charge in [0.25, 0.3) is 0 Å². The molecule has 2 unspecified atom stereocenters. The van der Waals surface area contributed by atoms with E-state index in [0.29, 0.717) is 5.56 Å². The molecular formula is C16H17N3O6. The molecule has 0 spiro atoms. The Balaban J connectivity index is 2.19. The molecule has 1 fully saturated rings. The van der Waals surface area contributed by atoms with Crippen LogP contribution in [0.15, 0.2) is 28.6 Å². The van der Waals surface area contributed by atoms with Crippen molar-refractivity contribution in [3.05, 3.63) is 33.6 Å². The maximum Gasteiger partial charge on any atom is 0.329 e. The van der Waals surface area contributed by atoms with Gasteiger partial charge >= 0.3 is 5.97 Å². The number of hydrogen-bond donors (Lipinski definition) is 0. The lowest BCUT2D eigenvalue weighted by Gasteiger charge is -2.21. The second kappa shape index (κ2) is 7.73. The van der Waals surface area contributed by atoms with Crippen LogP contribution < -0.4 is 0 Å². The molecule has 1 aliphatic heterocycles. The Labute approximate surface area is 143 Å². The van der Waals surface area contributed by atoms with E-state index in [1.807, 2.05) is 0 Å². The molecule has 2 atom stereocenters. The Morgan fingerprint density at radius 2 is 2.04 bits per heavy atom. The van der Waals surface area contributed by atoms with Crippen molar-refractivity contribution in [2.75, 3.05) is 6.61 Å². The zero-order valence-electron chi connectivity index (χ0n) is 13.8. The third kappa shape index (κ3) is 3.76. The standard InChI is InChI=1S/C16H17N3O6/c1-3-25-16(22)9(2)19-14(20)7-11(15(19)21)6-10-4-5-12(17-23)8-13(10)18-24/h4-5,8-9,11H,3,6-7H2,1-2H3. The van der Waals surface area contributed by atoms with Crippen molar-refractivity contribution >= 4 is 29.2 Å². The number of carbonyl (C=O) groups is 3. The molecule has 0 bridgehead atoms. The van der Waals surface area contributed by atoms with Crippen LogP contribution in [0.1, 0.15) is 25.8 Å². The van der Waals surface area contributed by atoms with E-state index < -0.39 is 29.7 Å². The summed E-state index contributed by atoms with van der Waals surface area (Å²) in [5.74, 6) is -2.33. The SMILES string of the molecule is CCOC(=O)C(C)N1C(=O)CC(Cc2ccc(N=O)cc2N=O)C1=O. The first kappa shape index (κ1) is 18.4. The highest BCUT2D eigenvalue weighted by Gasteiger charge is 2.43. The van der Waals surface area contributed by atoms with E-state index in [0.717, 1.165) is 4.90 Å². The number of nitroso groups, excluding NO2 is 2. The van der Waals surface area contributed by atoms with Crippen molar-refractivity contribution in [3.8, 4) is 0 Å². The summed E-state index contributed by atoms with van der Waals surface area (Å²) < 4.78 is 4.85. The Hall–Kier alpha value is -2.97. The van der Waals surface area contributed by atoms with Gasteiger partial charge in [-0.1, -0.05) is 6.07 Å². The van der Waals surface area contributed by atoms with E-state index >= 15 is 0 Å². The van der Waals surface area contributed by atoms with Gasteiger partial charge in [-0.15, -0.1) is 9.81 Å². The van der Waals surface area contributed by atoms with Crippen molar-refractivity contribution in [1.29, 1.82) is 0 Å². The normalized spacial score (nSPS) is 18.2. The summed E-state index contributed by atoms with van der Waals surface area (Å²) >= 11 is 0. The summed E-state index contributed by atoms with van der Waals surface area (Å²) in [5.41, 5.74) is 0.471. The monoisotopic (exact) mass is 347 g/mol.